The molecule has 3 rings (SSSR count). The molecule has 2 unspecified atom stereocenters. The van der Waals surface area contributed by atoms with Gasteiger partial charge in [0.05, 0.1) is 6.54 Å². The van der Waals surface area contributed by atoms with E-state index in [4.69, 9.17) is 10.3 Å². The van der Waals surface area contributed by atoms with Gasteiger partial charge in [-0.1, -0.05) is 18.0 Å². The van der Waals surface area contributed by atoms with Crippen LogP contribution in [-0.4, -0.2) is 34.7 Å². The summed E-state index contributed by atoms with van der Waals surface area (Å²) in [5.41, 5.74) is 5.90. The Hall–Kier alpha value is -0.940. The van der Waals surface area contributed by atoms with E-state index in [-0.39, 0.29) is 0 Å². The second-order valence-corrected chi connectivity index (χ2v) is 6.08. The minimum Gasteiger partial charge on any atom is -0.338 e. The lowest BCUT2D eigenvalue weighted by atomic mass is 9.84. The summed E-state index contributed by atoms with van der Waals surface area (Å²) < 4.78 is 5.36. The van der Waals surface area contributed by atoms with E-state index < -0.39 is 0 Å². The molecule has 0 aromatic carbocycles. The van der Waals surface area contributed by atoms with Crippen molar-refractivity contribution in [3.63, 3.8) is 0 Å². The molecule has 2 fully saturated rings. The lowest BCUT2D eigenvalue weighted by molar-refractivity contribution is 0.115. The summed E-state index contributed by atoms with van der Waals surface area (Å²) in [5, 5.41) is 4.08. The summed E-state index contributed by atoms with van der Waals surface area (Å²) >= 11 is 0. The smallest absolute Gasteiger partial charge is 0.240 e. The minimum absolute atomic E-state index is 0.564. The van der Waals surface area contributed by atoms with Crippen molar-refractivity contribution in [1.29, 1.82) is 0 Å². The van der Waals surface area contributed by atoms with E-state index in [1.807, 2.05) is 0 Å². The third kappa shape index (κ3) is 2.98. The number of hydrogen-bond acceptors (Lipinski definition) is 5. The van der Waals surface area contributed by atoms with Gasteiger partial charge < -0.3 is 10.3 Å². The Morgan fingerprint density at radius 2 is 2.05 bits per heavy atom. The molecule has 2 aliphatic carbocycles. The van der Waals surface area contributed by atoms with Gasteiger partial charge in [0.1, 0.15) is 0 Å². The third-order valence-corrected chi connectivity index (χ3v) is 4.55. The highest BCUT2D eigenvalue weighted by atomic mass is 16.5. The number of nitrogens with two attached hydrogens (primary N) is 1. The van der Waals surface area contributed by atoms with E-state index in [1.54, 1.807) is 0 Å². The van der Waals surface area contributed by atoms with E-state index in [9.17, 15) is 0 Å². The average molecular weight is 264 g/mol. The highest BCUT2D eigenvalue weighted by Crippen LogP contribution is 2.38. The van der Waals surface area contributed by atoms with E-state index >= 15 is 0 Å². The molecule has 2 aliphatic rings. The van der Waals surface area contributed by atoms with Crippen molar-refractivity contribution in [3.05, 3.63) is 11.7 Å². The van der Waals surface area contributed by atoms with Gasteiger partial charge in [0, 0.05) is 12.0 Å². The molecule has 0 spiro atoms. The summed E-state index contributed by atoms with van der Waals surface area (Å²) in [7, 11) is 2.15. The van der Waals surface area contributed by atoms with Crippen molar-refractivity contribution in [3.8, 4) is 0 Å². The predicted octanol–water partition coefficient (Wildman–Crippen LogP) is 1.90. The van der Waals surface area contributed by atoms with Crippen LogP contribution in [0.5, 0.6) is 0 Å². The average Bonchev–Trinajstić information content (AvgIpc) is 3.19. The molecule has 1 heterocycles. The van der Waals surface area contributed by atoms with Crippen molar-refractivity contribution in [1.82, 2.24) is 15.0 Å². The van der Waals surface area contributed by atoms with Crippen LogP contribution in [0.25, 0.3) is 0 Å². The zero-order chi connectivity index (χ0) is 13.2. The quantitative estimate of drug-likeness (QED) is 0.879. The van der Waals surface area contributed by atoms with Crippen molar-refractivity contribution >= 4 is 0 Å². The number of rotatable bonds is 5. The van der Waals surface area contributed by atoms with Gasteiger partial charge in [-0.2, -0.15) is 4.98 Å². The highest BCUT2D eigenvalue weighted by Gasteiger charge is 2.30. The normalized spacial score (nSPS) is 27.9. The standard InChI is InChI=1S/C14H24N4O/c1-18(12-5-3-2-4-11(12)8-15)9-13-16-14(17-19-13)10-6-7-10/h10-12H,2-9,15H2,1H3. The van der Waals surface area contributed by atoms with Gasteiger partial charge in [-0.05, 0) is 45.2 Å². The van der Waals surface area contributed by atoms with Crippen molar-refractivity contribution < 1.29 is 4.52 Å². The van der Waals surface area contributed by atoms with Gasteiger partial charge in [-0.15, -0.1) is 0 Å². The van der Waals surface area contributed by atoms with Crippen LogP contribution in [0.3, 0.4) is 0 Å². The van der Waals surface area contributed by atoms with E-state index in [0.717, 1.165) is 24.8 Å². The Morgan fingerprint density at radius 1 is 1.26 bits per heavy atom. The molecule has 5 nitrogen and oxygen atoms in total. The molecule has 0 aliphatic heterocycles. The van der Waals surface area contributed by atoms with Gasteiger partial charge in [0.15, 0.2) is 5.82 Å². The molecular formula is C14H24N4O. The van der Waals surface area contributed by atoms with E-state index in [0.29, 0.717) is 17.9 Å². The summed E-state index contributed by atoms with van der Waals surface area (Å²) in [6, 6.07) is 0.565. The molecule has 0 saturated heterocycles. The van der Waals surface area contributed by atoms with Crippen LogP contribution >= 0.6 is 0 Å². The van der Waals surface area contributed by atoms with Gasteiger partial charge in [-0.25, -0.2) is 0 Å². The molecule has 0 radical (unpaired) electrons. The van der Waals surface area contributed by atoms with Crippen molar-refractivity contribution in [2.75, 3.05) is 13.6 Å². The Balaban J connectivity index is 1.60. The van der Waals surface area contributed by atoms with Gasteiger partial charge >= 0.3 is 0 Å². The first kappa shape index (κ1) is 13.1. The maximum Gasteiger partial charge on any atom is 0.240 e. The van der Waals surface area contributed by atoms with Gasteiger partial charge in [-0.3, -0.25) is 4.90 Å². The molecule has 2 N–H and O–H groups in total. The minimum atomic E-state index is 0.564. The molecule has 1 aromatic rings. The van der Waals surface area contributed by atoms with Crippen LogP contribution in [0.1, 0.15) is 56.2 Å². The van der Waals surface area contributed by atoms with Crippen LogP contribution in [0.2, 0.25) is 0 Å². The molecule has 5 heteroatoms. The highest BCUT2D eigenvalue weighted by molar-refractivity contribution is 5.03. The molecule has 0 bridgehead atoms. The molecular weight excluding hydrogens is 240 g/mol. The Morgan fingerprint density at radius 3 is 2.79 bits per heavy atom. The van der Waals surface area contributed by atoms with Crippen LogP contribution < -0.4 is 5.73 Å². The molecule has 106 valence electrons. The third-order valence-electron chi connectivity index (χ3n) is 4.55. The fourth-order valence-electron chi connectivity index (χ4n) is 3.21. The Labute approximate surface area is 114 Å². The van der Waals surface area contributed by atoms with E-state index in [1.165, 1.54) is 38.5 Å². The first-order valence-corrected chi connectivity index (χ1v) is 7.50. The second-order valence-electron chi connectivity index (χ2n) is 6.08. The number of hydrogen-bond donors (Lipinski definition) is 1. The molecule has 0 amide bonds. The monoisotopic (exact) mass is 264 g/mol. The zero-order valence-corrected chi connectivity index (χ0v) is 11.7. The zero-order valence-electron chi connectivity index (χ0n) is 11.7. The summed E-state index contributed by atoms with van der Waals surface area (Å²) in [6.45, 7) is 1.53. The van der Waals surface area contributed by atoms with Crippen LogP contribution in [0.15, 0.2) is 4.52 Å². The van der Waals surface area contributed by atoms with Crippen LogP contribution in [0.4, 0.5) is 0 Å². The van der Waals surface area contributed by atoms with Crippen LogP contribution in [0, 0.1) is 5.92 Å². The Bertz CT molecular complexity index is 415. The molecule has 2 saturated carbocycles. The van der Waals surface area contributed by atoms with Gasteiger partial charge in [0.2, 0.25) is 5.89 Å². The second kappa shape index (κ2) is 5.59. The lowest BCUT2D eigenvalue weighted by Gasteiger charge is -2.36. The fraction of sp³-hybridized carbons (Fsp3) is 0.857. The Kier molecular flexibility index (Phi) is 3.84. The lowest BCUT2D eigenvalue weighted by Crippen LogP contribution is -2.42. The number of aromatic nitrogens is 2. The first-order valence-electron chi connectivity index (χ1n) is 7.50. The van der Waals surface area contributed by atoms with Gasteiger partial charge in [0.25, 0.3) is 0 Å². The summed E-state index contributed by atoms with van der Waals surface area (Å²) in [4.78, 5) is 6.86. The van der Waals surface area contributed by atoms with Crippen molar-refractivity contribution in [2.24, 2.45) is 11.7 Å². The first-order chi connectivity index (χ1) is 9.28. The van der Waals surface area contributed by atoms with Crippen molar-refractivity contribution in [2.45, 2.75) is 57.0 Å². The SMILES string of the molecule is CN(Cc1nc(C2CC2)no1)C1CCCCC1CN. The molecule has 1 aromatic heterocycles. The van der Waals surface area contributed by atoms with E-state index in [2.05, 4.69) is 22.1 Å². The van der Waals surface area contributed by atoms with Crippen LogP contribution in [-0.2, 0) is 6.54 Å². The predicted molar refractivity (Wildman–Crippen MR) is 72.5 cm³/mol. The molecule has 2 atom stereocenters. The summed E-state index contributed by atoms with van der Waals surface area (Å²) in [5.74, 6) is 2.84. The topological polar surface area (TPSA) is 68.2 Å². The number of nitrogens with zero attached hydrogens (tertiary/aromatic N) is 3. The fourth-order valence-corrected chi connectivity index (χ4v) is 3.21. The largest absolute Gasteiger partial charge is 0.338 e. The maximum atomic E-state index is 5.90. The molecule has 19 heavy (non-hydrogen) atoms. The summed E-state index contributed by atoms with van der Waals surface area (Å²) in [6.07, 6.45) is 7.55. The maximum absolute atomic E-state index is 5.90.